The molecular weight excluding hydrogens is 203 g/mol. The molecule has 0 atom stereocenters. The fourth-order valence-corrected chi connectivity index (χ4v) is 1.42. The molecule has 1 N–H and O–H groups in total. The third-order valence-corrected chi connectivity index (χ3v) is 2.50. The van der Waals surface area contributed by atoms with Crippen molar-refractivity contribution in [3.63, 3.8) is 0 Å². The van der Waals surface area contributed by atoms with E-state index in [0.717, 1.165) is 13.1 Å². The van der Waals surface area contributed by atoms with Gasteiger partial charge in [0.05, 0.1) is 12.2 Å². The van der Waals surface area contributed by atoms with Gasteiger partial charge < -0.3 is 10.1 Å². The van der Waals surface area contributed by atoms with E-state index in [1.807, 2.05) is 6.92 Å². The van der Waals surface area contributed by atoms with Crippen molar-refractivity contribution in [1.82, 2.24) is 5.32 Å². The molecule has 0 bridgehead atoms. The standard InChI is InChI=1S/C7H12F3NOS/c1-6(4-11-5-6)12-2-3-13-7(8,9)10/h11H,2-5H2,1H3. The molecule has 1 aliphatic heterocycles. The average molecular weight is 215 g/mol. The molecule has 0 radical (unpaired) electrons. The van der Waals surface area contributed by atoms with Crippen LogP contribution in [-0.4, -0.2) is 36.6 Å². The lowest BCUT2D eigenvalue weighted by Gasteiger charge is -2.39. The summed E-state index contributed by atoms with van der Waals surface area (Å²) in [5.41, 5.74) is -4.38. The summed E-state index contributed by atoms with van der Waals surface area (Å²) in [6.45, 7) is 3.50. The molecule has 0 spiro atoms. The Morgan fingerprint density at radius 3 is 2.46 bits per heavy atom. The molecule has 0 unspecified atom stereocenters. The molecule has 1 saturated heterocycles. The number of thioether (sulfide) groups is 1. The van der Waals surface area contributed by atoms with Gasteiger partial charge in [-0.3, -0.25) is 0 Å². The topological polar surface area (TPSA) is 21.3 Å². The minimum Gasteiger partial charge on any atom is -0.372 e. The lowest BCUT2D eigenvalue weighted by atomic mass is 10.0. The van der Waals surface area contributed by atoms with E-state index in [9.17, 15) is 13.2 Å². The molecule has 0 aromatic rings. The van der Waals surface area contributed by atoms with Gasteiger partial charge in [-0.05, 0) is 18.7 Å². The molecule has 0 amide bonds. The fourth-order valence-electron chi connectivity index (χ4n) is 1.02. The van der Waals surface area contributed by atoms with Crippen LogP contribution in [0.25, 0.3) is 0 Å². The summed E-state index contributed by atoms with van der Waals surface area (Å²) >= 11 is -0.0366. The van der Waals surface area contributed by atoms with Crippen LogP contribution in [0, 0.1) is 0 Å². The van der Waals surface area contributed by atoms with Crippen LogP contribution in [-0.2, 0) is 4.74 Å². The lowest BCUT2D eigenvalue weighted by Crippen LogP contribution is -2.59. The smallest absolute Gasteiger partial charge is 0.372 e. The molecule has 13 heavy (non-hydrogen) atoms. The third-order valence-electron chi connectivity index (χ3n) is 1.80. The van der Waals surface area contributed by atoms with Crippen LogP contribution in [0.1, 0.15) is 6.92 Å². The van der Waals surface area contributed by atoms with Gasteiger partial charge >= 0.3 is 5.51 Å². The van der Waals surface area contributed by atoms with Crippen molar-refractivity contribution in [2.24, 2.45) is 0 Å². The summed E-state index contributed by atoms with van der Waals surface area (Å²) in [6, 6.07) is 0. The first-order valence-electron chi connectivity index (χ1n) is 3.97. The maximum Gasteiger partial charge on any atom is 0.441 e. The number of ether oxygens (including phenoxy) is 1. The summed E-state index contributed by atoms with van der Waals surface area (Å²) in [5, 5.41) is 3.00. The van der Waals surface area contributed by atoms with Gasteiger partial charge in [-0.2, -0.15) is 13.2 Å². The van der Waals surface area contributed by atoms with Crippen LogP contribution in [0.4, 0.5) is 13.2 Å². The monoisotopic (exact) mass is 215 g/mol. The van der Waals surface area contributed by atoms with Crippen molar-refractivity contribution in [3.05, 3.63) is 0 Å². The molecule has 1 rings (SSSR count). The number of halogens is 3. The zero-order valence-corrected chi connectivity index (χ0v) is 8.10. The largest absolute Gasteiger partial charge is 0.441 e. The number of hydrogen-bond donors (Lipinski definition) is 1. The van der Waals surface area contributed by atoms with E-state index in [-0.39, 0.29) is 29.7 Å². The van der Waals surface area contributed by atoms with Gasteiger partial charge in [-0.1, -0.05) is 0 Å². The number of nitrogens with one attached hydrogen (secondary N) is 1. The first-order chi connectivity index (χ1) is 5.91. The predicted molar refractivity (Wildman–Crippen MR) is 45.7 cm³/mol. The Hall–Kier alpha value is 0.0600. The Bertz CT molecular complexity index is 170. The summed E-state index contributed by atoms with van der Waals surface area (Å²) in [6.07, 6.45) is 0. The van der Waals surface area contributed by atoms with E-state index in [2.05, 4.69) is 5.32 Å². The SMILES string of the molecule is CC1(OCCSC(F)(F)F)CNC1. The Kier molecular flexibility index (Phi) is 3.48. The quantitative estimate of drug-likeness (QED) is 0.720. The van der Waals surface area contributed by atoms with Crippen LogP contribution in [0.5, 0.6) is 0 Å². The first-order valence-corrected chi connectivity index (χ1v) is 4.95. The van der Waals surface area contributed by atoms with Crippen LogP contribution < -0.4 is 5.32 Å². The van der Waals surface area contributed by atoms with Crippen LogP contribution >= 0.6 is 11.8 Å². The molecule has 78 valence electrons. The second kappa shape index (κ2) is 4.06. The van der Waals surface area contributed by atoms with Gasteiger partial charge in [0.15, 0.2) is 0 Å². The van der Waals surface area contributed by atoms with E-state index < -0.39 is 5.51 Å². The summed E-state index contributed by atoms with van der Waals surface area (Å²) < 4.78 is 40.3. The zero-order valence-electron chi connectivity index (χ0n) is 7.28. The van der Waals surface area contributed by atoms with Crippen molar-refractivity contribution in [2.45, 2.75) is 18.0 Å². The highest BCUT2D eigenvalue weighted by Crippen LogP contribution is 2.30. The lowest BCUT2D eigenvalue weighted by molar-refractivity contribution is -0.0615. The summed E-state index contributed by atoms with van der Waals surface area (Å²) in [5.74, 6) is -0.0287. The van der Waals surface area contributed by atoms with Gasteiger partial charge in [0, 0.05) is 18.8 Å². The Morgan fingerprint density at radius 1 is 1.46 bits per heavy atom. The van der Waals surface area contributed by atoms with Gasteiger partial charge in [-0.25, -0.2) is 0 Å². The van der Waals surface area contributed by atoms with Crippen molar-refractivity contribution in [2.75, 3.05) is 25.4 Å². The molecule has 1 aliphatic rings. The minimum absolute atomic E-state index is 0.0287. The molecule has 1 heterocycles. The molecule has 2 nitrogen and oxygen atoms in total. The Balaban J connectivity index is 2.01. The molecule has 0 aliphatic carbocycles. The fraction of sp³-hybridized carbons (Fsp3) is 1.00. The van der Waals surface area contributed by atoms with Crippen LogP contribution in [0.2, 0.25) is 0 Å². The van der Waals surface area contributed by atoms with E-state index in [0.29, 0.717) is 0 Å². The van der Waals surface area contributed by atoms with E-state index in [1.165, 1.54) is 0 Å². The second-order valence-electron chi connectivity index (χ2n) is 3.20. The van der Waals surface area contributed by atoms with Crippen LogP contribution in [0.15, 0.2) is 0 Å². The zero-order chi connectivity index (χ0) is 9.95. The van der Waals surface area contributed by atoms with E-state index >= 15 is 0 Å². The van der Waals surface area contributed by atoms with Crippen LogP contribution in [0.3, 0.4) is 0 Å². The Labute approximate surface area is 79.2 Å². The maximum atomic E-state index is 11.7. The van der Waals surface area contributed by atoms with Crippen molar-refractivity contribution < 1.29 is 17.9 Å². The number of hydrogen-bond acceptors (Lipinski definition) is 3. The molecule has 0 saturated carbocycles. The van der Waals surface area contributed by atoms with Gasteiger partial charge in [0.25, 0.3) is 0 Å². The second-order valence-corrected chi connectivity index (χ2v) is 4.36. The van der Waals surface area contributed by atoms with Gasteiger partial charge in [0.1, 0.15) is 0 Å². The highest BCUT2D eigenvalue weighted by Gasteiger charge is 2.33. The molecular formula is C7H12F3NOS. The minimum atomic E-state index is -4.14. The number of alkyl halides is 3. The van der Waals surface area contributed by atoms with E-state index in [4.69, 9.17) is 4.74 Å². The van der Waals surface area contributed by atoms with Gasteiger partial charge in [-0.15, -0.1) is 0 Å². The maximum absolute atomic E-state index is 11.7. The summed E-state index contributed by atoms with van der Waals surface area (Å²) in [7, 11) is 0. The number of rotatable bonds is 4. The van der Waals surface area contributed by atoms with Gasteiger partial charge in [0.2, 0.25) is 0 Å². The first kappa shape index (κ1) is 11.1. The summed E-state index contributed by atoms with van der Waals surface area (Å²) in [4.78, 5) is 0. The molecule has 0 aromatic carbocycles. The Morgan fingerprint density at radius 2 is 2.08 bits per heavy atom. The molecule has 0 aromatic heterocycles. The predicted octanol–water partition coefficient (Wildman–Crippen LogP) is 1.62. The third kappa shape index (κ3) is 4.19. The molecule has 1 fully saturated rings. The normalized spacial score (nSPS) is 21.2. The van der Waals surface area contributed by atoms with E-state index in [1.54, 1.807) is 0 Å². The van der Waals surface area contributed by atoms with Crippen molar-refractivity contribution in [1.29, 1.82) is 0 Å². The highest BCUT2D eigenvalue weighted by molar-refractivity contribution is 8.00. The van der Waals surface area contributed by atoms with Crippen molar-refractivity contribution in [3.8, 4) is 0 Å². The molecule has 6 heteroatoms. The highest BCUT2D eigenvalue weighted by atomic mass is 32.2. The average Bonchev–Trinajstić information content (AvgIpc) is 1.93. The van der Waals surface area contributed by atoms with Crippen molar-refractivity contribution >= 4 is 11.8 Å².